The Kier molecular flexibility index (Phi) is 4.71. The Bertz CT molecular complexity index is 613. The molecule has 3 rings (SSSR count). The van der Waals surface area contributed by atoms with Crippen LogP contribution in [0.25, 0.3) is 10.8 Å². The fraction of sp³-hybridized carbons (Fsp3) is 0.444. The molecule has 2 aromatic rings. The molecular formula is C18H23NOS. The van der Waals surface area contributed by atoms with E-state index in [1.165, 1.54) is 35.6 Å². The fourth-order valence-corrected chi connectivity index (χ4v) is 4.06. The summed E-state index contributed by atoms with van der Waals surface area (Å²) in [6, 6.07) is 13.4. The van der Waals surface area contributed by atoms with Gasteiger partial charge < -0.3 is 10.1 Å². The Morgan fingerprint density at radius 2 is 1.95 bits per heavy atom. The third-order valence-electron chi connectivity index (χ3n) is 4.49. The lowest BCUT2D eigenvalue weighted by molar-refractivity contribution is 0.419. The van der Waals surface area contributed by atoms with Crippen LogP contribution in [-0.2, 0) is 6.54 Å². The Morgan fingerprint density at radius 1 is 1.14 bits per heavy atom. The van der Waals surface area contributed by atoms with Crippen molar-refractivity contribution in [1.82, 2.24) is 5.32 Å². The maximum absolute atomic E-state index is 5.47. The van der Waals surface area contributed by atoms with Crippen molar-refractivity contribution in [1.29, 1.82) is 0 Å². The minimum atomic E-state index is 0.670. The van der Waals surface area contributed by atoms with Gasteiger partial charge in [0.1, 0.15) is 5.75 Å². The van der Waals surface area contributed by atoms with Gasteiger partial charge in [-0.1, -0.05) is 30.3 Å². The van der Waals surface area contributed by atoms with Crippen molar-refractivity contribution in [2.45, 2.75) is 37.1 Å². The van der Waals surface area contributed by atoms with E-state index in [0.717, 1.165) is 17.5 Å². The highest BCUT2D eigenvalue weighted by Gasteiger charge is 2.23. The maximum atomic E-state index is 5.47. The first kappa shape index (κ1) is 14.7. The summed E-state index contributed by atoms with van der Waals surface area (Å²) in [5, 5.41) is 7.08. The maximum Gasteiger partial charge on any atom is 0.126 e. The number of hydrogen-bond acceptors (Lipinski definition) is 3. The zero-order valence-corrected chi connectivity index (χ0v) is 13.6. The lowest BCUT2D eigenvalue weighted by atomic mass is 10.0. The number of rotatable bonds is 5. The van der Waals surface area contributed by atoms with Crippen LogP contribution in [-0.4, -0.2) is 24.7 Å². The SMILES string of the molecule is COc1ccc(CNC2CCC(SC)C2)c2ccccc12. The van der Waals surface area contributed by atoms with Crippen LogP contribution in [0.4, 0.5) is 0 Å². The first-order valence-electron chi connectivity index (χ1n) is 7.62. The van der Waals surface area contributed by atoms with E-state index in [0.29, 0.717) is 6.04 Å². The summed E-state index contributed by atoms with van der Waals surface area (Å²) in [7, 11) is 1.74. The van der Waals surface area contributed by atoms with Gasteiger partial charge in [0.2, 0.25) is 0 Å². The molecule has 21 heavy (non-hydrogen) atoms. The largest absolute Gasteiger partial charge is 0.496 e. The van der Waals surface area contributed by atoms with Crippen LogP contribution in [0, 0.1) is 0 Å². The molecule has 3 heteroatoms. The second kappa shape index (κ2) is 6.71. The number of benzene rings is 2. The molecule has 2 nitrogen and oxygen atoms in total. The lowest BCUT2D eigenvalue weighted by Gasteiger charge is -2.15. The van der Waals surface area contributed by atoms with E-state index in [1.807, 2.05) is 11.8 Å². The number of thioether (sulfide) groups is 1. The summed E-state index contributed by atoms with van der Waals surface area (Å²) in [6.07, 6.45) is 6.18. The molecule has 0 aromatic heterocycles. The molecule has 1 N–H and O–H groups in total. The Hall–Kier alpha value is -1.19. The quantitative estimate of drug-likeness (QED) is 0.893. The first-order valence-corrected chi connectivity index (χ1v) is 8.91. The van der Waals surface area contributed by atoms with Gasteiger partial charge in [-0.25, -0.2) is 0 Å². The summed E-state index contributed by atoms with van der Waals surface area (Å²) in [4.78, 5) is 0. The van der Waals surface area contributed by atoms with Gasteiger partial charge in [0.15, 0.2) is 0 Å². The molecule has 0 amide bonds. The van der Waals surface area contributed by atoms with E-state index < -0.39 is 0 Å². The molecule has 2 unspecified atom stereocenters. The molecule has 0 saturated heterocycles. The second-order valence-electron chi connectivity index (χ2n) is 5.72. The Morgan fingerprint density at radius 3 is 2.67 bits per heavy atom. The van der Waals surface area contributed by atoms with Crippen LogP contribution in [0.3, 0.4) is 0 Å². The predicted molar refractivity (Wildman–Crippen MR) is 92.3 cm³/mol. The van der Waals surface area contributed by atoms with Gasteiger partial charge in [0, 0.05) is 23.2 Å². The van der Waals surface area contributed by atoms with Gasteiger partial charge in [0.05, 0.1) is 7.11 Å². The van der Waals surface area contributed by atoms with Crippen molar-refractivity contribution in [3.05, 3.63) is 42.0 Å². The fourth-order valence-electron chi connectivity index (χ4n) is 3.26. The summed E-state index contributed by atoms with van der Waals surface area (Å²) in [5.74, 6) is 0.956. The molecule has 1 fully saturated rings. The summed E-state index contributed by atoms with van der Waals surface area (Å²) in [5.41, 5.74) is 1.36. The zero-order valence-electron chi connectivity index (χ0n) is 12.8. The smallest absolute Gasteiger partial charge is 0.126 e. The van der Waals surface area contributed by atoms with E-state index >= 15 is 0 Å². The molecule has 0 spiro atoms. The number of hydrogen-bond donors (Lipinski definition) is 1. The van der Waals surface area contributed by atoms with E-state index in [2.05, 4.69) is 48.0 Å². The van der Waals surface area contributed by atoms with Crippen molar-refractivity contribution in [2.24, 2.45) is 0 Å². The highest BCUT2D eigenvalue weighted by Crippen LogP contribution is 2.30. The summed E-state index contributed by atoms with van der Waals surface area (Å²) >= 11 is 2.01. The van der Waals surface area contributed by atoms with Crippen molar-refractivity contribution in [3.8, 4) is 5.75 Å². The van der Waals surface area contributed by atoms with Crippen LogP contribution in [0.15, 0.2) is 36.4 Å². The van der Waals surface area contributed by atoms with Crippen molar-refractivity contribution >= 4 is 22.5 Å². The topological polar surface area (TPSA) is 21.3 Å². The molecular weight excluding hydrogens is 278 g/mol. The van der Waals surface area contributed by atoms with E-state index in [-0.39, 0.29) is 0 Å². The minimum absolute atomic E-state index is 0.670. The average molecular weight is 301 g/mol. The average Bonchev–Trinajstić information content (AvgIpc) is 3.00. The normalized spacial score (nSPS) is 21.8. The molecule has 0 radical (unpaired) electrons. The lowest BCUT2D eigenvalue weighted by Crippen LogP contribution is -2.26. The molecule has 1 aliphatic carbocycles. The third-order valence-corrected chi connectivity index (χ3v) is 5.59. The predicted octanol–water partition coefficient (Wildman–Crippen LogP) is 4.22. The van der Waals surface area contributed by atoms with Crippen LogP contribution in [0.2, 0.25) is 0 Å². The number of methoxy groups -OCH3 is 1. The van der Waals surface area contributed by atoms with Gasteiger partial charge in [0.25, 0.3) is 0 Å². The van der Waals surface area contributed by atoms with E-state index in [9.17, 15) is 0 Å². The van der Waals surface area contributed by atoms with Crippen LogP contribution < -0.4 is 10.1 Å². The molecule has 1 saturated carbocycles. The van der Waals surface area contributed by atoms with Crippen molar-refractivity contribution in [2.75, 3.05) is 13.4 Å². The van der Waals surface area contributed by atoms with Gasteiger partial charge in [-0.05, 0) is 42.5 Å². The van der Waals surface area contributed by atoms with Crippen LogP contribution in [0.5, 0.6) is 5.75 Å². The van der Waals surface area contributed by atoms with Crippen LogP contribution in [0.1, 0.15) is 24.8 Å². The van der Waals surface area contributed by atoms with E-state index in [1.54, 1.807) is 7.11 Å². The number of ether oxygens (including phenoxy) is 1. The summed E-state index contributed by atoms with van der Waals surface area (Å²) in [6.45, 7) is 0.941. The van der Waals surface area contributed by atoms with Gasteiger partial charge >= 0.3 is 0 Å². The molecule has 112 valence electrons. The first-order chi connectivity index (χ1) is 10.3. The zero-order chi connectivity index (χ0) is 14.7. The van der Waals surface area contributed by atoms with Crippen LogP contribution >= 0.6 is 11.8 Å². The Labute approximate surface area is 131 Å². The number of fused-ring (bicyclic) bond motifs is 1. The van der Waals surface area contributed by atoms with Gasteiger partial charge in [-0.3, -0.25) is 0 Å². The highest BCUT2D eigenvalue weighted by molar-refractivity contribution is 7.99. The molecule has 2 atom stereocenters. The van der Waals surface area contributed by atoms with Crippen molar-refractivity contribution in [3.63, 3.8) is 0 Å². The van der Waals surface area contributed by atoms with Crippen molar-refractivity contribution < 1.29 is 4.74 Å². The highest BCUT2D eigenvalue weighted by atomic mass is 32.2. The Balaban J connectivity index is 1.76. The minimum Gasteiger partial charge on any atom is -0.496 e. The third kappa shape index (κ3) is 3.19. The standard InChI is InChI=1S/C18H23NOS/c1-20-18-10-7-13(16-5-3-4-6-17(16)18)12-19-14-8-9-15(11-14)21-2/h3-7,10,14-15,19H,8-9,11-12H2,1-2H3. The monoisotopic (exact) mass is 301 g/mol. The molecule has 0 aliphatic heterocycles. The molecule has 0 heterocycles. The molecule has 0 bridgehead atoms. The molecule has 2 aromatic carbocycles. The number of nitrogens with one attached hydrogen (secondary N) is 1. The molecule has 1 aliphatic rings. The van der Waals surface area contributed by atoms with Gasteiger partial charge in [-0.2, -0.15) is 11.8 Å². The second-order valence-corrected chi connectivity index (χ2v) is 6.86. The summed E-state index contributed by atoms with van der Waals surface area (Å²) < 4.78 is 5.47. The van der Waals surface area contributed by atoms with Gasteiger partial charge in [-0.15, -0.1) is 0 Å². The van der Waals surface area contributed by atoms with E-state index in [4.69, 9.17) is 4.74 Å².